The van der Waals surface area contributed by atoms with Crippen LogP contribution in [0.15, 0.2) is 36.9 Å². The standard InChI is InChI=1S/C16H21N3O2/c1-20-13-3-4-14-15(5-10-21-16(14)11-13)18-6-2-8-19-9-7-17-12-19/h3-4,7,9,11-12,15,18H,2,5-6,8,10H2,1H3. The average Bonchev–Trinajstić information content (AvgIpc) is 3.04. The van der Waals surface area contributed by atoms with Gasteiger partial charge < -0.3 is 19.4 Å². The fourth-order valence-corrected chi connectivity index (χ4v) is 2.67. The van der Waals surface area contributed by atoms with Gasteiger partial charge in [-0.1, -0.05) is 6.07 Å². The molecule has 5 nitrogen and oxygen atoms in total. The van der Waals surface area contributed by atoms with Crippen LogP contribution in [0.4, 0.5) is 0 Å². The van der Waals surface area contributed by atoms with E-state index < -0.39 is 0 Å². The number of imidazole rings is 1. The highest BCUT2D eigenvalue weighted by Gasteiger charge is 2.21. The first-order valence-electron chi connectivity index (χ1n) is 7.36. The van der Waals surface area contributed by atoms with Crippen molar-refractivity contribution >= 4 is 0 Å². The fraction of sp³-hybridized carbons (Fsp3) is 0.438. The molecule has 0 saturated carbocycles. The van der Waals surface area contributed by atoms with Crippen molar-refractivity contribution in [1.82, 2.24) is 14.9 Å². The molecule has 1 N–H and O–H groups in total. The van der Waals surface area contributed by atoms with Crippen molar-refractivity contribution < 1.29 is 9.47 Å². The zero-order valence-electron chi connectivity index (χ0n) is 12.3. The van der Waals surface area contributed by atoms with Crippen molar-refractivity contribution in [2.24, 2.45) is 0 Å². The van der Waals surface area contributed by atoms with E-state index in [2.05, 4.69) is 20.9 Å². The Morgan fingerprint density at radius 1 is 1.48 bits per heavy atom. The van der Waals surface area contributed by atoms with Crippen LogP contribution in [0, 0.1) is 0 Å². The summed E-state index contributed by atoms with van der Waals surface area (Å²) in [6.07, 6.45) is 7.76. The Bertz CT molecular complexity index is 569. The normalized spacial score (nSPS) is 17.1. The summed E-state index contributed by atoms with van der Waals surface area (Å²) in [6.45, 7) is 2.72. The van der Waals surface area contributed by atoms with Gasteiger partial charge in [-0.2, -0.15) is 0 Å². The predicted molar refractivity (Wildman–Crippen MR) is 80.7 cm³/mol. The third-order valence-electron chi connectivity index (χ3n) is 3.80. The summed E-state index contributed by atoms with van der Waals surface area (Å²) in [6, 6.07) is 6.42. The molecule has 1 atom stereocenters. The fourth-order valence-electron chi connectivity index (χ4n) is 2.67. The van der Waals surface area contributed by atoms with E-state index in [1.165, 1.54) is 5.56 Å². The van der Waals surface area contributed by atoms with Crippen molar-refractivity contribution in [1.29, 1.82) is 0 Å². The molecule has 1 aliphatic heterocycles. The number of aromatic nitrogens is 2. The second kappa shape index (κ2) is 6.63. The Labute approximate surface area is 124 Å². The highest BCUT2D eigenvalue weighted by Crippen LogP contribution is 2.34. The summed E-state index contributed by atoms with van der Waals surface area (Å²) in [5, 5.41) is 3.62. The van der Waals surface area contributed by atoms with Gasteiger partial charge in [0.1, 0.15) is 11.5 Å². The molecule has 2 heterocycles. The quantitative estimate of drug-likeness (QED) is 0.829. The van der Waals surface area contributed by atoms with Crippen LogP contribution in [0.25, 0.3) is 0 Å². The second-order valence-corrected chi connectivity index (χ2v) is 5.20. The number of fused-ring (bicyclic) bond motifs is 1. The van der Waals surface area contributed by atoms with Crippen LogP contribution in [0.2, 0.25) is 0 Å². The zero-order valence-corrected chi connectivity index (χ0v) is 12.3. The average molecular weight is 287 g/mol. The molecule has 0 aliphatic carbocycles. The topological polar surface area (TPSA) is 48.3 Å². The minimum atomic E-state index is 0.363. The van der Waals surface area contributed by atoms with E-state index in [1.807, 2.05) is 30.9 Å². The first-order valence-corrected chi connectivity index (χ1v) is 7.36. The maximum Gasteiger partial charge on any atom is 0.127 e. The molecular formula is C16H21N3O2. The van der Waals surface area contributed by atoms with Gasteiger partial charge in [-0.05, 0) is 19.0 Å². The van der Waals surface area contributed by atoms with Crippen LogP contribution in [-0.4, -0.2) is 29.8 Å². The zero-order chi connectivity index (χ0) is 14.5. The predicted octanol–water partition coefficient (Wildman–Crippen LogP) is 2.40. The Hall–Kier alpha value is -2.01. The molecule has 1 aliphatic rings. The molecule has 1 aromatic carbocycles. The molecule has 0 amide bonds. The smallest absolute Gasteiger partial charge is 0.127 e. The lowest BCUT2D eigenvalue weighted by atomic mass is 10.0. The van der Waals surface area contributed by atoms with Crippen LogP contribution in [0.1, 0.15) is 24.4 Å². The minimum Gasteiger partial charge on any atom is -0.497 e. The SMILES string of the molecule is COc1ccc2c(c1)OCCC2NCCCn1ccnc1. The first kappa shape index (κ1) is 13.9. The number of aryl methyl sites for hydroxylation is 1. The first-order chi connectivity index (χ1) is 10.4. The number of hydrogen-bond donors (Lipinski definition) is 1. The van der Waals surface area contributed by atoms with Crippen LogP contribution in [0.3, 0.4) is 0 Å². The van der Waals surface area contributed by atoms with Gasteiger partial charge in [-0.15, -0.1) is 0 Å². The van der Waals surface area contributed by atoms with Gasteiger partial charge in [-0.25, -0.2) is 4.98 Å². The monoisotopic (exact) mass is 287 g/mol. The number of methoxy groups -OCH3 is 1. The lowest BCUT2D eigenvalue weighted by Gasteiger charge is -2.27. The number of nitrogens with one attached hydrogen (secondary N) is 1. The third kappa shape index (κ3) is 3.36. The van der Waals surface area contributed by atoms with Gasteiger partial charge in [-0.3, -0.25) is 0 Å². The highest BCUT2D eigenvalue weighted by molar-refractivity contribution is 5.43. The van der Waals surface area contributed by atoms with E-state index in [1.54, 1.807) is 7.11 Å². The summed E-state index contributed by atoms with van der Waals surface area (Å²) < 4.78 is 13.1. The molecule has 0 spiro atoms. The molecule has 1 unspecified atom stereocenters. The second-order valence-electron chi connectivity index (χ2n) is 5.20. The van der Waals surface area contributed by atoms with Crippen molar-refractivity contribution in [3.63, 3.8) is 0 Å². The minimum absolute atomic E-state index is 0.363. The Morgan fingerprint density at radius 3 is 3.24 bits per heavy atom. The number of rotatable bonds is 6. The Balaban J connectivity index is 1.55. The van der Waals surface area contributed by atoms with Crippen molar-refractivity contribution in [3.05, 3.63) is 42.5 Å². The number of ether oxygens (including phenoxy) is 2. The molecule has 5 heteroatoms. The molecule has 2 aromatic rings. The van der Waals surface area contributed by atoms with E-state index in [4.69, 9.17) is 9.47 Å². The maximum absolute atomic E-state index is 5.73. The van der Waals surface area contributed by atoms with Crippen LogP contribution in [-0.2, 0) is 6.54 Å². The lowest BCUT2D eigenvalue weighted by molar-refractivity contribution is 0.250. The van der Waals surface area contributed by atoms with Crippen molar-refractivity contribution in [2.75, 3.05) is 20.3 Å². The molecule has 21 heavy (non-hydrogen) atoms. The van der Waals surface area contributed by atoms with E-state index in [-0.39, 0.29) is 0 Å². The summed E-state index contributed by atoms with van der Waals surface area (Å²) in [5.74, 6) is 1.78. The molecule has 0 radical (unpaired) electrons. The molecular weight excluding hydrogens is 266 g/mol. The van der Waals surface area contributed by atoms with Gasteiger partial charge >= 0.3 is 0 Å². The summed E-state index contributed by atoms with van der Waals surface area (Å²) in [7, 11) is 1.68. The summed E-state index contributed by atoms with van der Waals surface area (Å²) in [4.78, 5) is 4.05. The van der Waals surface area contributed by atoms with E-state index in [9.17, 15) is 0 Å². The molecule has 0 bridgehead atoms. The molecule has 3 rings (SSSR count). The Kier molecular flexibility index (Phi) is 4.40. The van der Waals surface area contributed by atoms with Gasteiger partial charge in [0.25, 0.3) is 0 Å². The Morgan fingerprint density at radius 2 is 2.43 bits per heavy atom. The van der Waals surface area contributed by atoms with Crippen LogP contribution < -0.4 is 14.8 Å². The van der Waals surface area contributed by atoms with Gasteiger partial charge in [0.2, 0.25) is 0 Å². The lowest BCUT2D eigenvalue weighted by Crippen LogP contribution is -2.28. The van der Waals surface area contributed by atoms with Gasteiger partial charge in [0.15, 0.2) is 0 Å². The maximum atomic E-state index is 5.73. The number of benzene rings is 1. The van der Waals surface area contributed by atoms with Crippen LogP contribution in [0.5, 0.6) is 11.5 Å². The molecule has 0 saturated heterocycles. The van der Waals surface area contributed by atoms with Crippen LogP contribution >= 0.6 is 0 Å². The van der Waals surface area contributed by atoms with Crippen molar-refractivity contribution in [2.45, 2.75) is 25.4 Å². The van der Waals surface area contributed by atoms with Gasteiger partial charge in [0.05, 0.1) is 20.0 Å². The van der Waals surface area contributed by atoms with Gasteiger partial charge in [0, 0.05) is 43.0 Å². The van der Waals surface area contributed by atoms with Crippen molar-refractivity contribution in [3.8, 4) is 11.5 Å². The molecule has 0 fully saturated rings. The van der Waals surface area contributed by atoms with E-state index >= 15 is 0 Å². The molecule has 1 aromatic heterocycles. The summed E-state index contributed by atoms with van der Waals surface area (Å²) >= 11 is 0. The highest BCUT2D eigenvalue weighted by atomic mass is 16.5. The van der Waals surface area contributed by atoms with E-state index in [0.717, 1.165) is 44.0 Å². The third-order valence-corrected chi connectivity index (χ3v) is 3.80. The molecule has 112 valence electrons. The largest absolute Gasteiger partial charge is 0.497 e. The summed E-state index contributed by atoms with van der Waals surface area (Å²) in [5.41, 5.74) is 1.23. The number of hydrogen-bond acceptors (Lipinski definition) is 4. The number of nitrogens with zero attached hydrogens (tertiary/aromatic N) is 2. The van der Waals surface area contributed by atoms with E-state index in [0.29, 0.717) is 6.04 Å².